The highest BCUT2D eigenvalue weighted by atomic mass is 32.1. The Balaban J connectivity index is 1.42. The minimum Gasteiger partial charge on any atom is -0.463 e. The van der Waals surface area contributed by atoms with Crippen LogP contribution < -0.4 is 4.74 Å². The van der Waals surface area contributed by atoms with E-state index in [-0.39, 0.29) is 0 Å². The molecule has 0 N–H and O–H groups in total. The second-order valence-electron chi connectivity index (χ2n) is 5.83. The molecule has 3 atom stereocenters. The molecule has 22 heavy (non-hydrogen) atoms. The molecule has 4 nitrogen and oxygen atoms in total. The predicted molar refractivity (Wildman–Crippen MR) is 88.5 cm³/mol. The zero-order valence-corrected chi connectivity index (χ0v) is 13.8. The SMILES string of the molecule is C(#Cc1ccsc1)COc1nsnc1[C@H]1CN2CCC[C@H]1C2. The smallest absolute Gasteiger partial charge is 0.250 e. The van der Waals surface area contributed by atoms with Crippen LogP contribution in [0.3, 0.4) is 0 Å². The third-order valence-corrected chi connectivity index (χ3v) is 5.64. The van der Waals surface area contributed by atoms with E-state index in [1.54, 1.807) is 11.3 Å². The van der Waals surface area contributed by atoms with Gasteiger partial charge in [-0.1, -0.05) is 11.8 Å². The van der Waals surface area contributed by atoms with Gasteiger partial charge in [-0.3, -0.25) is 0 Å². The largest absolute Gasteiger partial charge is 0.463 e. The predicted octanol–water partition coefficient (Wildman–Crippen LogP) is 2.84. The highest BCUT2D eigenvalue weighted by Gasteiger charge is 2.39. The van der Waals surface area contributed by atoms with E-state index < -0.39 is 0 Å². The number of nitrogens with zero attached hydrogens (tertiary/aromatic N) is 3. The number of piperidine rings is 1. The minimum atomic E-state index is 0.370. The Morgan fingerprint density at radius 3 is 3.23 bits per heavy atom. The molecule has 2 bridgehead atoms. The van der Waals surface area contributed by atoms with Crippen LogP contribution >= 0.6 is 23.1 Å². The number of thiophene rings is 1. The Kier molecular flexibility index (Phi) is 4.11. The lowest BCUT2D eigenvalue weighted by molar-refractivity contribution is 0.269. The quantitative estimate of drug-likeness (QED) is 0.811. The highest BCUT2D eigenvalue weighted by molar-refractivity contribution is 7.08. The summed E-state index contributed by atoms with van der Waals surface area (Å²) < 4.78 is 14.6. The van der Waals surface area contributed by atoms with Crippen LogP contribution in [0.2, 0.25) is 0 Å². The van der Waals surface area contributed by atoms with Gasteiger partial charge in [-0.25, -0.2) is 0 Å². The first-order valence-corrected chi connectivity index (χ1v) is 9.26. The van der Waals surface area contributed by atoms with Gasteiger partial charge in [0.2, 0.25) is 5.88 Å². The van der Waals surface area contributed by atoms with E-state index in [1.165, 1.54) is 37.7 Å². The van der Waals surface area contributed by atoms with E-state index in [0.717, 1.165) is 23.7 Å². The molecule has 0 amide bonds. The summed E-state index contributed by atoms with van der Waals surface area (Å²) in [7, 11) is 0. The molecule has 0 spiro atoms. The van der Waals surface area contributed by atoms with Crippen LogP contribution in [-0.4, -0.2) is 39.9 Å². The lowest BCUT2D eigenvalue weighted by Gasteiger charge is -2.21. The van der Waals surface area contributed by atoms with E-state index in [9.17, 15) is 0 Å². The fourth-order valence-electron chi connectivity index (χ4n) is 3.41. The summed E-state index contributed by atoms with van der Waals surface area (Å²) in [6, 6.07) is 2.01. The van der Waals surface area contributed by atoms with Gasteiger partial charge in [0.15, 0.2) is 6.61 Å². The molecular formula is C16H17N3OS2. The number of hydrogen-bond acceptors (Lipinski definition) is 6. The van der Waals surface area contributed by atoms with Crippen molar-refractivity contribution in [1.29, 1.82) is 0 Å². The third-order valence-electron chi connectivity index (χ3n) is 4.43. The first kappa shape index (κ1) is 14.2. The van der Waals surface area contributed by atoms with Crippen molar-refractivity contribution >= 4 is 23.1 Å². The van der Waals surface area contributed by atoms with Gasteiger partial charge in [-0.15, -0.1) is 4.37 Å². The molecule has 0 aliphatic carbocycles. The number of fused-ring (bicyclic) bond motifs is 2. The van der Waals surface area contributed by atoms with Crippen molar-refractivity contribution in [1.82, 2.24) is 13.6 Å². The first-order valence-electron chi connectivity index (χ1n) is 7.59. The first-order chi connectivity index (χ1) is 10.9. The maximum absolute atomic E-state index is 5.78. The molecule has 4 rings (SSSR count). The van der Waals surface area contributed by atoms with Crippen LogP contribution in [0, 0.1) is 17.8 Å². The van der Waals surface area contributed by atoms with Crippen LogP contribution in [0.1, 0.15) is 30.0 Å². The summed E-state index contributed by atoms with van der Waals surface area (Å²) in [5.74, 6) is 8.05. The van der Waals surface area contributed by atoms with Crippen LogP contribution in [-0.2, 0) is 0 Å². The molecule has 2 aromatic heterocycles. The number of aromatic nitrogens is 2. The van der Waals surface area contributed by atoms with Gasteiger partial charge >= 0.3 is 0 Å². The minimum absolute atomic E-state index is 0.370. The van der Waals surface area contributed by atoms with Crippen molar-refractivity contribution in [2.24, 2.45) is 5.92 Å². The summed E-state index contributed by atoms with van der Waals surface area (Å²) >= 11 is 2.91. The fraction of sp³-hybridized carbons (Fsp3) is 0.500. The number of hydrogen-bond donors (Lipinski definition) is 0. The lowest BCUT2D eigenvalue weighted by Crippen LogP contribution is -2.25. The fourth-order valence-corrected chi connectivity index (χ4v) is 4.57. The van der Waals surface area contributed by atoms with E-state index in [2.05, 4.69) is 25.5 Å². The average Bonchev–Trinajstić information content (AvgIpc) is 3.25. The molecule has 114 valence electrons. The molecule has 0 radical (unpaired) electrons. The zero-order valence-electron chi connectivity index (χ0n) is 12.2. The van der Waals surface area contributed by atoms with Crippen LogP contribution in [0.25, 0.3) is 0 Å². The molecule has 2 aromatic rings. The number of rotatable bonds is 3. The number of ether oxygens (including phenoxy) is 1. The van der Waals surface area contributed by atoms with Gasteiger partial charge in [-0.2, -0.15) is 15.7 Å². The summed E-state index contributed by atoms with van der Waals surface area (Å²) in [5, 5.41) is 4.07. The standard InChI is InChI=1S/C16H17N3OS2/c1-4-13-9-19(6-1)10-14(13)15-16(18-22-17-15)20-7-2-3-12-5-8-21-11-12/h5,8,11,13-14H,1,4,6-7,9-10H2/t13-,14-/m0/s1. The summed E-state index contributed by atoms with van der Waals surface area (Å²) in [6.45, 7) is 3.91. The van der Waals surface area contributed by atoms with E-state index in [1.807, 2.05) is 16.8 Å². The average molecular weight is 331 g/mol. The van der Waals surface area contributed by atoms with Gasteiger partial charge in [-0.05, 0) is 36.8 Å². The molecule has 2 saturated heterocycles. The zero-order chi connectivity index (χ0) is 14.8. The Labute approximate surface area is 138 Å². The Bertz CT molecular complexity index is 686. The van der Waals surface area contributed by atoms with Crippen molar-refractivity contribution in [2.75, 3.05) is 26.2 Å². The van der Waals surface area contributed by atoms with Crippen LogP contribution in [0.15, 0.2) is 16.8 Å². The molecule has 1 unspecified atom stereocenters. The van der Waals surface area contributed by atoms with Crippen molar-refractivity contribution < 1.29 is 4.74 Å². The topological polar surface area (TPSA) is 38.3 Å². The van der Waals surface area contributed by atoms with E-state index in [0.29, 0.717) is 18.4 Å². The van der Waals surface area contributed by atoms with E-state index >= 15 is 0 Å². The highest BCUT2D eigenvalue weighted by Crippen LogP contribution is 2.40. The van der Waals surface area contributed by atoms with Gasteiger partial charge in [0, 0.05) is 30.0 Å². The van der Waals surface area contributed by atoms with Crippen molar-refractivity contribution in [3.05, 3.63) is 28.1 Å². The summed E-state index contributed by atoms with van der Waals surface area (Å²) in [4.78, 5) is 2.54. The molecule has 6 heteroatoms. The third kappa shape index (κ3) is 2.89. The Morgan fingerprint density at radius 2 is 2.36 bits per heavy atom. The van der Waals surface area contributed by atoms with Gasteiger partial charge in [0.25, 0.3) is 0 Å². The summed E-state index contributed by atoms with van der Waals surface area (Å²) in [5.41, 5.74) is 2.10. The Hall–Kier alpha value is -1.42. The Morgan fingerprint density at radius 1 is 1.36 bits per heavy atom. The van der Waals surface area contributed by atoms with Gasteiger partial charge in [0.05, 0.1) is 11.7 Å². The van der Waals surface area contributed by atoms with Crippen molar-refractivity contribution in [3.63, 3.8) is 0 Å². The van der Waals surface area contributed by atoms with Crippen LogP contribution in [0.5, 0.6) is 5.88 Å². The van der Waals surface area contributed by atoms with Crippen molar-refractivity contribution in [3.8, 4) is 17.7 Å². The second-order valence-corrected chi connectivity index (χ2v) is 7.13. The van der Waals surface area contributed by atoms with Gasteiger partial charge < -0.3 is 9.64 Å². The van der Waals surface area contributed by atoms with Crippen molar-refractivity contribution in [2.45, 2.75) is 18.8 Å². The summed E-state index contributed by atoms with van der Waals surface area (Å²) in [6.07, 6.45) is 2.61. The molecular weight excluding hydrogens is 314 g/mol. The molecule has 0 saturated carbocycles. The monoisotopic (exact) mass is 331 g/mol. The van der Waals surface area contributed by atoms with E-state index in [4.69, 9.17) is 4.74 Å². The maximum atomic E-state index is 5.78. The molecule has 0 aromatic carbocycles. The lowest BCUT2D eigenvalue weighted by atomic mass is 9.89. The molecule has 2 aliphatic heterocycles. The maximum Gasteiger partial charge on any atom is 0.250 e. The second kappa shape index (κ2) is 6.37. The van der Waals surface area contributed by atoms with Gasteiger partial charge in [0.1, 0.15) is 5.69 Å². The molecule has 2 aliphatic rings. The molecule has 2 fully saturated rings. The molecule has 4 heterocycles. The normalized spacial score (nSPS) is 26.5. The van der Waals surface area contributed by atoms with Crippen LogP contribution in [0.4, 0.5) is 0 Å².